The van der Waals surface area contributed by atoms with Crippen LogP contribution >= 0.6 is 0 Å². The van der Waals surface area contributed by atoms with E-state index in [9.17, 15) is 13.2 Å². The third-order valence-corrected chi connectivity index (χ3v) is 6.97. The van der Waals surface area contributed by atoms with E-state index in [-0.39, 0.29) is 18.7 Å². The summed E-state index contributed by atoms with van der Waals surface area (Å²) in [6, 6.07) is 12.4. The largest absolute Gasteiger partial charge is 0.416 e. The van der Waals surface area contributed by atoms with Crippen LogP contribution < -0.4 is 16.4 Å². The fourth-order valence-corrected chi connectivity index (χ4v) is 5.65. The van der Waals surface area contributed by atoms with Crippen LogP contribution in [0.15, 0.2) is 36.4 Å². The maximum atomic E-state index is 13.0. The van der Waals surface area contributed by atoms with Crippen LogP contribution in [0.25, 0.3) is 10.8 Å². The number of alkyl halides is 3. The molecule has 5 rings (SSSR count). The number of nitrogens with zero attached hydrogens (tertiary/aromatic N) is 1. The lowest BCUT2D eigenvalue weighted by atomic mass is 9.46. The van der Waals surface area contributed by atoms with Crippen LogP contribution in [0.1, 0.15) is 31.2 Å². The third-order valence-electron chi connectivity index (χ3n) is 6.97. The van der Waals surface area contributed by atoms with E-state index in [1.165, 1.54) is 0 Å². The zero-order chi connectivity index (χ0) is 20.4. The standard InChI is InChI=1S/C22H26F3N3O/c23-22(24,25)19-11-28(5-6-29-19)18-4-2-14-7-16(3-1-15(14)8-18)21(27)12-20(13-21)9-17(26)10-20/h1-4,7-8,17,19H,5-6,9-13,26-27H2. The highest BCUT2D eigenvalue weighted by molar-refractivity contribution is 5.86. The Balaban J connectivity index is 1.35. The second-order valence-electron chi connectivity index (χ2n) is 9.27. The summed E-state index contributed by atoms with van der Waals surface area (Å²) in [4.78, 5) is 1.74. The molecule has 0 radical (unpaired) electrons. The molecule has 2 saturated carbocycles. The Labute approximate surface area is 168 Å². The molecule has 4 N–H and O–H groups in total. The van der Waals surface area contributed by atoms with Crippen LogP contribution in [0.5, 0.6) is 0 Å². The summed E-state index contributed by atoms with van der Waals surface area (Å²) in [7, 11) is 0. The Hall–Kier alpha value is -1.83. The minimum Gasteiger partial charge on any atom is -0.366 e. The van der Waals surface area contributed by atoms with E-state index in [2.05, 4.69) is 12.1 Å². The maximum absolute atomic E-state index is 13.0. The number of nitrogens with two attached hydrogens (primary N) is 2. The number of rotatable bonds is 2. The number of fused-ring (bicyclic) bond motifs is 1. The lowest BCUT2D eigenvalue weighted by Gasteiger charge is -2.62. The van der Waals surface area contributed by atoms with Crippen LogP contribution in [0.2, 0.25) is 0 Å². The van der Waals surface area contributed by atoms with Gasteiger partial charge in [0.1, 0.15) is 0 Å². The molecule has 156 valence electrons. The van der Waals surface area contributed by atoms with Crippen molar-refractivity contribution in [3.63, 3.8) is 0 Å². The van der Waals surface area contributed by atoms with Crippen LogP contribution in [0, 0.1) is 5.41 Å². The Bertz CT molecular complexity index is 931. The molecular weight excluding hydrogens is 379 g/mol. The molecule has 7 heteroatoms. The molecule has 0 amide bonds. The van der Waals surface area contributed by atoms with Crippen LogP contribution in [0.4, 0.5) is 18.9 Å². The summed E-state index contributed by atoms with van der Waals surface area (Å²) < 4.78 is 43.9. The van der Waals surface area contributed by atoms with Gasteiger partial charge in [-0.25, -0.2) is 0 Å². The molecule has 1 atom stereocenters. The van der Waals surface area contributed by atoms with Crippen molar-refractivity contribution >= 4 is 16.5 Å². The molecule has 3 fully saturated rings. The highest BCUT2D eigenvalue weighted by atomic mass is 19.4. The van der Waals surface area contributed by atoms with Crippen molar-refractivity contribution in [2.45, 2.75) is 49.5 Å². The first kappa shape index (κ1) is 19.2. The molecule has 1 unspecified atom stereocenters. The normalized spacial score (nSPS) is 34.9. The van der Waals surface area contributed by atoms with E-state index < -0.39 is 12.3 Å². The van der Waals surface area contributed by atoms with Crippen molar-refractivity contribution in [1.82, 2.24) is 0 Å². The van der Waals surface area contributed by atoms with Gasteiger partial charge < -0.3 is 21.1 Å². The fraction of sp³-hybridized carbons (Fsp3) is 0.545. The number of anilines is 1. The van der Waals surface area contributed by atoms with Crippen LogP contribution in [-0.2, 0) is 10.3 Å². The first-order valence-corrected chi connectivity index (χ1v) is 10.2. The van der Waals surface area contributed by atoms with E-state index in [0.717, 1.165) is 47.7 Å². The molecule has 1 heterocycles. The minimum atomic E-state index is -4.34. The second kappa shape index (κ2) is 6.33. The molecule has 0 bridgehead atoms. The smallest absolute Gasteiger partial charge is 0.366 e. The van der Waals surface area contributed by atoms with Gasteiger partial charge in [0.15, 0.2) is 6.10 Å². The van der Waals surface area contributed by atoms with Gasteiger partial charge in [-0.05, 0) is 65.6 Å². The molecule has 4 nitrogen and oxygen atoms in total. The monoisotopic (exact) mass is 405 g/mol. The predicted molar refractivity (Wildman–Crippen MR) is 107 cm³/mol. The highest BCUT2D eigenvalue weighted by Crippen LogP contribution is 2.62. The first-order chi connectivity index (χ1) is 13.7. The van der Waals surface area contributed by atoms with Crippen molar-refractivity contribution in [2.75, 3.05) is 24.6 Å². The minimum absolute atomic E-state index is 0.0717. The Morgan fingerprint density at radius 2 is 1.72 bits per heavy atom. The average Bonchev–Trinajstić information content (AvgIpc) is 2.64. The predicted octanol–water partition coefficient (Wildman–Crippen LogP) is 3.66. The summed E-state index contributed by atoms with van der Waals surface area (Å²) in [5, 5.41) is 2.06. The molecule has 2 aromatic rings. The van der Waals surface area contributed by atoms with Crippen LogP contribution in [0.3, 0.4) is 0 Å². The maximum Gasteiger partial charge on any atom is 0.416 e. The number of morpholine rings is 1. The Morgan fingerprint density at radius 3 is 2.41 bits per heavy atom. The molecule has 1 spiro atoms. The van der Waals surface area contributed by atoms with E-state index in [0.29, 0.717) is 18.0 Å². The van der Waals surface area contributed by atoms with Gasteiger partial charge in [0.05, 0.1) is 13.2 Å². The molecule has 0 aromatic heterocycles. The van der Waals surface area contributed by atoms with E-state index in [1.54, 1.807) is 4.90 Å². The number of ether oxygens (including phenoxy) is 1. The van der Waals surface area contributed by atoms with Crippen molar-refractivity contribution in [3.05, 3.63) is 42.0 Å². The van der Waals surface area contributed by atoms with Crippen LogP contribution in [-0.4, -0.2) is 38.0 Å². The Morgan fingerprint density at radius 1 is 1.03 bits per heavy atom. The van der Waals surface area contributed by atoms with Crippen molar-refractivity contribution < 1.29 is 17.9 Å². The van der Waals surface area contributed by atoms with Gasteiger partial charge in [-0.3, -0.25) is 0 Å². The lowest BCUT2D eigenvalue weighted by molar-refractivity contribution is -0.221. The van der Waals surface area contributed by atoms with Crippen molar-refractivity contribution in [2.24, 2.45) is 16.9 Å². The van der Waals surface area contributed by atoms with Gasteiger partial charge in [-0.2, -0.15) is 13.2 Å². The van der Waals surface area contributed by atoms with Gasteiger partial charge in [0, 0.05) is 23.8 Å². The fourth-order valence-electron chi connectivity index (χ4n) is 5.65. The average molecular weight is 405 g/mol. The zero-order valence-corrected chi connectivity index (χ0v) is 16.2. The summed E-state index contributed by atoms with van der Waals surface area (Å²) in [5.74, 6) is 0. The molecule has 2 aromatic carbocycles. The number of hydrogen-bond acceptors (Lipinski definition) is 4. The van der Waals surface area contributed by atoms with Gasteiger partial charge in [-0.15, -0.1) is 0 Å². The topological polar surface area (TPSA) is 64.5 Å². The van der Waals surface area contributed by atoms with E-state index in [1.807, 2.05) is 24.3 Å². The zero-order valence-electron chi connectivity index (χ0n) is 16.2. The van der Waals surface area contributed by atoms with Gasteiger partial charge >= 0.3 is 6.18 Å². The van der Waals surface area contributed by atoms with E-state index >= 15 is 0 Å². The molecular formula is C22H26F3N3O. The number of hydrogen-bond donors (Lipinski definition) is 2. The van der Waals surface area contributed by atoms with Crippen molar-refractivity contribution in [1.29, 1.82) is 0 Å². The number of halogens is 3. The summed E-state index contributed by atoms with van der Waals surface area (Å²) in [6.45, 7) is 0.345. The van der Waals surface area contributed by atoms with Crippen molar-refractivity contribution in [3.8, 4) is 0 Å². The first-order valence-electron chi connectivity index (χ1n) is 10.2. The summed E-state index contributed by atoms with van der Waals surface area (Å²) in [5.41, 5.74) is 14.6. The third kappa shape index (κ3) is 3.29. The van der Waals surface area contributed by atoms with Gasteiger partial charge in [0.25, 0.3) is 0 Å². The molecule has 29 heavy (non-hydrogen) atoms. The van der Waals surface area contributed by atoms with E-state index in [4.69, 9.17) is 16.2 Å². The van der Waals surface area contributed by atoms with Gasteiger partial charge in [0.2, 0.25) is 0 Å². The van der Waals surface area contributed by atoms with Gasteiger partial charge in [-0.1, -0.05) is 18.2 Å². The number of benzene rings is 2. The SMILES string of the molecule is NC1CC2(C1)CC(N)(c1ccc3cc(N4CCOC(C(F)(F)F)C4)ccc3c1)C2. The quantitative estimate of drug-likeness (QED) is 0.800. The molecule has 1 aliphatic heterocycles. The molecule has 1 saturated heterocycles. The second-order valence-corrected chi connectivity index (χ2v) is 9.27. The molecule has 3 aliphatic rings. The highest BCUT2D eigenvalue weighted by Gasteiger charge is 2.58. The summed E-state index contributed by atoms with van der Waals surface area (Å²) >= 11 is 0. The molecule has 2 aliphatic carbocycles. The summed E-state index contributed by atoms with van der Waals surface area (Å²) in [6.07, 6.45) is -1.99. The lowest BCUT2D eigenvalue weighted by Crippen LogP contribution is -2.63. The Kier molecular flexibility index (Phi) is 4.18.